The highest BCUT2D eigenvalue weighted by atomic mass is 16.5. The fraction of sp³-hybridized carbons (Fsp3) is 0.0270. The number of ether oxygens (including phenoxy) is 1. The van der Waals surface area contributed by atoms with Crippen LogP contribution in [-0.4, -0.2) is 9.97 Å². The molecule has 0 fully saturated rings. The number of nitrogens with one attached hydrogen (secondary N) is 1. The number of hydrogen-bond donors (Lipinski definition) is 1. The number of hydrogen-bond acceptors (Lipinski definition) is 4. The van der Waals surface area contributed by atoms with Gasteiger partial charge < -0.3 is 10.1 Å². The summed E-state index contributed by atoms with van der Waals surface area (Å²) in [5.41, 5.74) is 7.04. The van der Waals surface area contributed by atoms with E-state index in [1.165, 1.54) is 5.39 Å². The highest BCUT2D eigenvalue weighted by Gasteiger charge is 2.26. The quantitative estimate of drug-likeness (QED) is 0.232. The van der Waals surface area contributed by atoms with E-state index in [4.69, 9.17) is 14.7 Å². The Morgan fingerprint density at radius 1 is 0.537 bits per heavy atom. The third-order valence-corrected chi connectivity index (χ3v) is 7.71. The molecular formula is C37H25N3O. The van der Waals surface area contributed by atoms with E-state index in [-0.39, 0.29) is 6.23 Å². The zero-order chi connectivity index (χ0) is 27.2. The van der Waals surface area contributed by atoms with Crippen LogP contribution in [0.4, 0.5) is 5.69 Å². The van der Waals surface area contributed by atoms with Gasteiger partial charge in [-0.1, -0.05) is 121 Å². The average Bonchev–Trinajstić information content (AvgIpc) is 3.50. The molecule has 1 aliphatic rings. The molecule has 7 aromatic rings. The normalized spacial score (nSPS) is 14.0. The van der Waals surface area contributed by atoms with Gasteiger partial charge in [-0.05, 0) is 34.4 Å². The van der Waals surface area contributed by atoms with E-state index in [2.05, 4.69) is 90.2 Å². The highest BCUT2D eigenvalue weighted by molar-refractivity contribution is 6.15. The molecule has 41 heavy (non-hydrogen) atoms. The molecule has 0 radical (unpaired) electrons. The second-order valence-corrected chi connectivity index (χ2v) is 10.3. The topological polar surface area (TPSA) is 47.0 Å². The van der Waals surface area contributed by atoms with Crippen molar-refractivity contribution in [1.29, 1.82) is 0 Å². The largest absolute Gasteiger partial charge is 0.464 e. The van der Waals surface area contributed by atoms with Crippen LogP contribution in [0.2, 0.25) is 0 Å². The third kappa shape index (κ3) is 4.17. The first-order valence-corrected chi connectivity index (χ1v) is 13.8. The average molecular weight is 528 g/mol. The van der Waals surface area contributed by atoms with Crippen molar-refractivity contribution >= 4 is 27.2 Å². The van der Waals surface area contributed by atoms with Gasteiger partial charge in [0.05, 0.1) is 17.1 Å². The first kappa shape index (κ1) is 23.4. The van der Waals surface area contributed by atoms with Crippen molar-refractivity contribution < 1.29 is 4.74 Å². The summed E-state index contributed by atoms with van der Waals surface area (Å²) in [6.07, 6.45) is -0.211. The molecule has 1 aromatic heterocycles. The number of rotatable bonds is 4. The third-order valence-electron chi connectivity index (χ3n) is 7.71. The Morgan fingerprint density at radius 2 is 1.15 bits per heavy atom. The summed E-state index contributed by atoms with van der Waals surface area (Å²) in [5, 5.41) is 8.26. The van der Waals surface area contributed by atoms with E-state index in [0.29, 0.717) is 5.82 Å². The van der Waals surface area contributed by atoms with E-state index in [0.717, 1.165) is 61.2 Å². The Hall–Kier alpha value is -5.48. The van der Waals surface area contributed by atoms with Gasteiger partial charge in [0, 0.05) is 27.6 Å². The van der Waals surface area contributed by atoms with Gasteiger partial charge in [0.15, 0.2) is 12.1 Å². The molecule has 2 heterocycles. The number of fused-ring (bicyclic) bond motifs is 5. The van der Waals surface area contributed by atoms with E-state index < -0.39 is 0 Å². The molecule has 194 valence electrons. The van der Waals surface area contributed by atoms with Crippen LogP contribution < -0.4 is 10.1 Å². The van der Waals surface area contributed by atoms with Crippen LogP contribution in [0, 0.1) is 0 Å². The van der Waals surface area contributed by atoms with Gasteiger partial charge in [-0.3, -0.25) is 0 Å². The lowest BCUT2D eigenvalue weighted by molar-refractivity contribution is 0.260. The molecule has 0 saturated heterocycles. The number of benzene rings is 6. The Balaban J connectivity index is 1.26. The minimum atomic E-state index is -0.211. The second kappa shape index (κ2) is 9.61. The molecule has 0 aliphatic carbocycles. The smallest absolute Gasteiger partial charge is 0.196 e. The zero-order valence-electron chi connectivity index (χ0n) is 22.2. The van der Waals surface area contributed by atoms with Gasteiger partial charge in [0.2, 0.25) is 0 Å². The first-order chi connectivity index (χ1) is 20.3. The molecule has 0 amide bonds. The van der Waals surface area contributed by atoms with Crippen LogP contribution in [0.15, 0.2) is 140 Å². The molecular weight excluding hydrogens is 502 g/mol. The Kier molecular flexibility index (Phi) is 5.49. The molecule has 0 spiro atoms. The van der Waals surface area contributed by atoms with E-state index >= 15 is 0 Å². The molecule has 6 aromatic carbocycles. The van der Waals surface area contributed by atoms with Crippen LogP contribution in [-0.2, 0) is 0 Å². The molecule has 1 unspecified atom stereocenters. The Bertz CT molecular complexity index is 1980. The maximum absolute atomic E-state index is 6.32. The van der Waals surface area contributed by atoms with Gasteiger partial charge >= 0.3 is 0 Å². The van der Waals surface area contributed by atoms with Crippen molar-refractivity contribution in [1.82, 2.24) is 9.97 Å². The summed E-state index contributed by atoms with van der Waals surface area (Å²) in [6.45, 7) is 0. The monoisotopic (exact) mass is 527 g/mol. The standard InChI is InChI=1S/C37H25N3O/c1-4-10-24(11-5-1)31-23-32(25-12-6-2-7-13-25)39-36(38-31)29-18-20-30-28(22-29)17-16-26-19-21-33-35(34(26)30)40-37(41-33)27-14-8-3-9-15-27/h1-23,37,40H. The summed E-state index contributed by atoms with van der Waals surface area (Å²) >= 11 is 0. The molecule has 4 nitrogen and oxygen atoms in total. The molecule has 1 atom stereocenters. The lowest BCUT2D eigenvalue weighted by Gasteiger charge is -2.12. The maximum Gasteiger partial charge on any atom is 0.196 e. The number of aromatic nitrogens is 2. The van der Waals surface area contributed by atoms with Gasteiger partial charge in [-0.2, -0.15) is 0 Å². The summed E-state index contributed by atoms with van der Waals surface area (Å²) in [6, 6.07) is 48.0. The number of nitrogens with zero attached hydrogens (tertiary/aromatic N) is 2. The van der Waals surface area contributed by atoms with Crippen molar-refractivity contribution in [3.05, 3.63) is 145 Å². The molecule has 1 aliphatic heterocycles. The van der Waals surface area contributed by atoms with E-state index in [9.17, 15) is 0 Å². The molecule has 0 bridgehead atoms. The first-order valence-electron chi connectivity index (χ1n) is 13.8. The van der Waals surface area contributed by atoms with Crippen LogP contribution in [0.3, 0.4) is 0 Å². The predicted molar refractivity (Wildman–Crippen MR) is 167 cm³/mol. The van der Waals surface area contributed by atoms with Crippen LogP contribution >= 0.6 is 0 Å². The van der Waals surface area contributed by atoms with Gasteiger partial charge in [-0.25, -0.2) is 9.97 Å². The Labute approximate surface area is 237 Å². The maximum atomic E-state index is 6.32. The minimum absolute atomic E-state index is 0.211. The summed E-state index contributed by atoms with van der Waals surface area (Å²) < 4.78 is 6.32. The van der Waals surface area contributed by atoms with Crippen LogP contribution in [0.5, 0.6) is 5.75 Å². The fourth-order valence-electron chi connectivity index (χ4n) is 5.67. The van der Waals surface area contributed by atoms with Gasteiger partial charge in [0.1, 0.15) is 5.75 Å². The van der Waals surface area contributed by atoms with Crippen molar-refractivity contribution in [3.63, 3.8) is 0 Å². The molecule has 4 heteroatoms. The lowest BCUT2D eigenvalue weighted by Crippen LogP contribution is -2.09. The summed E-state index contributed by atoms with van der Waals surface area (Å²) in [5.74, 6) is 1.57. The fourth-order valence-corrected chi connectivity index (χ4v) is 5.67. The minimum Gasteiger partial charge on any atom is -0.464 e. The van der Waals surface area contributed by atoms with Crippen molar-refractivity contribution in [2.24, 2.45) is 0 Å². The Morgan fingerprint density at radius 3 is 1.83 bits per heavy atom. The van der Waals surface area contributed by atoms with Crippen molar-refractivity contribution in [2.45, 2.75) is 6.23 Å². The predicted octanol–water partition coefficient (Wildman–Crippen LogP) is 9.29. The lowest BCUT2D eigenvalue weighted by atomic mass is 9.98. The zero-order valence-corrected chi connectivity index (χ0v) is 22.2. The summed E-state index contributed by atoms with van der Waals surface area (Å²) in [7, 11) is 0. The van der Waals surface area contributed by atoms with Crippen molar-refractivity contribution in [2.75, 3.05) is 5.32 Å². The summed E-state index contributed by atoms with van der Waals surface area (Å²) in [4.78, 5) is 10.1. The molecule has 8 rings (SSSR count). The van der Waals surface area contributed by atoms with E-state index in [1.54, 1.807) is 0 Å². The SMILES string of the molecule is c1ccc(-c2cc(-c3ccccc3)nc(-c3ccc4c(ccc5ccc6c(c54)NC(c4ccccc4)O6)c3)n2)cc1. The van der Waals surface area contributed by atoms with Crippen LogP contribution in [0.25, 0.3) is 55.4 Å². The van der Waals surface area contributed by atoms with Crippen molar-refractivity contribution in [3.8, 4) is 39.7 Å². The van der Waals surface area contributed by atoms with E-state index in [1.807, 2.05) is 54.6 Å². The van der Waals surface area contributed by atoms with Crippen LogP contribution in [0.1, 0.15) is 11.8 Å². The van der Waals surface area contributed by atoms with Gasteiger partial charge in [0.25, 0.3) is 0 Å². The number of anilines is 1. The second-order valence-electron chi connectivity index (χ2n) is 10.3. The highest BCUT2D eigenvalue weighted by Crippen LogP contribution is 2.45. The molecule has 0 saturated carbocycles. The van der Waals surface area contributed by atoms with Gasteiger partial charge in [-0.15, -0.1) is 0 Å². The molecule has 1 N–H and O–H groups in total.